The van der Waals surface area contributed by atoms with Crippen LogP contribution in [-0.4, -0.2) is 55.8 Å². The summed E-state index contributed by atoms with van der Waals surface area (Å²) in [6.07, 6.45) is -3.32. The Labute approximate surface area is 118 Å². The Morgan fingerprint density at radius 1 is 1.30 bits per heavy atom. The Morgan fingerprint density at radius 2 is 1.95 bits per heavy atom. The minimum Gasteiger partial charge on any atom is -0.356 e. The van der Waals surface area contributed by atoms with Crippen molar-refractivity contribution in [1.82, 2.24) is 15.5 Å². The zero-order valence-electron chi connectivity index (χ0n) is 12.6. The van der Waals surface area contributed by atoms with E-state index in [0.29, 0.717) is 25.6 Å². The summed E-state index contributed by atoms with van der Waals surface area (Å²) >= 11 is 0. The number of nitrogens with one attached hydrogen (secondary N) is 2. The maximum atomic E-state index is 12.3. The highest BCUT2D eigenvalue weighted by atomic mass is 19.4. The number of hydrogen-bond donors (Lipinski definition) is 2. The van der Waals surface area contributed by atoms with Gasteiger partial charge in [0.05, 0.1) is 6.54 Å². The minimum absolute atomic E-state index is 0.0974. The third kappa shape index (κ3) is 6.98. The van der Waals surface area contributed by atoms with E-state index in [1.54, 1.807) is 7.05 Å². The molecular formula is C13H25F3N4. The van der Waals surface area contributed by atoms with Crippen LogP contribution in [0.2, 0.25) is 0 Å². The number of nitrogens with zero attached hydrogens (tertiary/aromatic N) is 2. The molecular weight excluding hydrogens is 269 g/mol. The lowest BCUT2D eigenvalue weighted by Gasteiger charge is -2.24. The summed E-state index contributed by atoms with van der Waals surface area (Å²) in [6.45, 7) is 6.92. The van der Waals surface area contributed by atoms with Crippen molar-refractivity contribution >= 4 is 5.96 Å². The molecule has 118 valence electrons. The zero-order chi connectivity index (χ0) is 15.4. The van der Waals surface area contributed by atoms with Crippen molar-refractivity contribution < 1.29 is 13.2 Å². The highest BCUT2D eigenvalue weighted by Gasteiger charge is 2.34. The summed E-state index contributed by atoms with van der Waals surface area (Å²) in [5.41, 5.74) is -0.0974. The van der Waals surface area contributed by atoms with E-state index in [9.17, 15) is 13.2 Å². The number of likely N-dealkylation sites (tertiary alicyclic amines) is 1. The first-order valence-corrected chi connectivity index (χ1v) is 6.87. The predicted octanol–water partition coefficient (Wildman–Crippen LogP) is 1.83. The molecule has 1 unspecified atom stereocenters. The van der Waals surface area contributed by atoms with E-state index in [4.69, 9.17) is 0 Å². The van der Waals surface area contributed by atoms with Gasteiger partial charge in [-0.15, -0.1) is 0 Å². The number of aliphatic imine (C=N–C) groups is 1. The van der Waals surface area contributed by atoms with E-state index in [1.165, 1.54) is 4.90 Å². The average molecular weight is 294 g/mol. The van der Waals surface area contributed by atoms with Crippen LogP contribution in [0.1, 0.15) is 27.2 Å². The normalized spacial score (nSPS) is 22.1. The second-order valence-corrected chi connectivity index (χ2v) is 6.33. The predicted molar refractivity (Wildman–Crippen MR) is 74.9 cm³/mol. The molecule has 0 amide bonds. The molecule has 0 aromatic heterocycles. The van der Waals surface area contributed by atoms with Gasteiger partial charge in [-0.05, 0) is 39.7 Å². The second-order valence-electron chi connectivity index (χ2n) is 6.33. The third-order valence-electron chi connectivity index (χ3n) is 3.05. The number of hydrogen-bond acceptors (Lipinski definition) is 2. The molecule has 1 atom stereocenters. The summed E-state index contributed by atoms with van der Waals surface area (Å²) in [4.78, 5) is 5.58. The lowest BCUT2D eigenvalue weighted by atomic mass is 10.1. The molecule has 1 aliphatic rings. The van der Waals surface area contributed by atoms with Crippen LogP contribution in [0.5, 0.6) is 0 Å². The fraction of sp³-hybridized carbons (Fsp3) is 0.923. The van der Waals surface area contributed by atoms with Crippen LogP contribution >= 0.6 is 0 Å². The molecule has 4 nitrogen and oxygen atoms in total. The lowest BCUT2D eigenvalue weighted by Crippen LogP contribution is -2.48. The van der Waals surface area contributed by atoms with Crippen molar-refractivity contribution in [3.05, 3.63) is 0 Å². The summed E-state index contributed by atoms with van der Waals surface area (Å²) in [5.74, 6) is 0.919. The molecule has 20 heavy (non-hydrogen) atoms. The fourth-order valence-corrected chi connectivity index (χ4v) is 2.25. The highest BCUT2D eigenvalue weighted by Crippen LogP contribution is 2.22. The quantitative estimate of drug-likeness (QED) is 0.616. The highest BCUT2D eigenvalue weighted by molar-refractivity contribution is 5.80. The van der Waals surface area contributed by atoms with Gasteiger partial charge in [0.1, 0.15) is 0 Å². The van der Waals surface area contributed by atoms with Crippen molar-refractivity contribution in [3.63, 3.8) is 0 Å². The summed E-state index contributed by atoms with van der Waals surface area (Å²) < 4.78 is 36.9. The molecule has 0 saturated carbocycles. The van der Waals surface area contributed by atoms with Gasteiger partial charge in [0.2, 0.25) is 0 Å². The molecule has 7 heteroatoms. The first kappa shape index (κ1) is 17.1. The van der Waals surface area contributed by atoms with Crippen LogP contribution < -0.4 is 10.6 Å². The van der Waals surface area contributed by atoms with Crippen LogP contribution in [0, 0.1) is 5.92 Å². The molecule has 0 aromatic rings. The molecule has 0 radical (unpaired) electrons. The van der Waals surface area contributed by atoms with Crippen molar-refractivity contribution in [2.45, 2.75) is 38.9 Å². The van der Waals surface area contributed by atoms with Crippen LogP contribution in [0.15, 0.2) is 4.99 Å². The zero-order valence-corrected chi connectivity index (χ0v) is 12.6. The molecule has 0 bridgehead atoms. The maximum absolute atomic E-state index is 12.3. The Balaban J connectivity index is 2.33. The molecule has 0 spiro atoms. The van der Waals surface area contributed by atoms with Gasteiger partial charge in [0, 0.05) is 25.7 Å². The monoisotopic (exact) mass is 294 g/mol. The molecule has 0 aromatic carbocycles. The third-order valence-corrected chi connectivity index (χ3v) is 3.05. The van der Waals surface area contributed by atoms with Crippen molar-refractivity contribution in [1.29, 1.82) is 0 Å². The first-order valence-electron chi connectivity index (χ1n) is 6.87. The van der Waals surface area contributed by atoms with Gasteiger partial charge < -0.3 is 10.6 Å². The van der Waals surface area contributed by atoms with Crippen molar-refractivity contribution in [2.75, 3.05) is 33.2 Å². The van der Waals surface area contributed by atoms with Crippen LogP contribution in [0.4, 0.5) is 13.2 Å². The molecule has 1 fully saturated rings. The van der Waals surface area contributed by atoms with Crippen LogP contribution in [0.3, 0.4) is 0 Å². The number of halogens is 3. The smallest absolute Gasteiger partial charge is 0.356 e. The number of alkyl halides is 3. The van der Waals surface area contributed by atoms with E-state index >= 15 is 0 Å². The Morgan fingerprint density at radius 3 is 2.45 bits per heavy atom. The van der Waals surface area contributed by atoms with Crippen LogP contribution in [0.25, 0.3) is 0 Å². The summed E-state index contributed by atoms with van der Waals surface area (Å²) in [7, 11) is 1.69. The standard InChI is InChI=1S/C13H25F3N4/c1-12(2,3)19-11(17-4)18-7-10-5-6-20(8-10)9-13(14,15)16/h10H,5-9H2,1-4H3,(H2,17,18,19). The molecule has 1 heterocycles. The molecule has 1 saturated heterocycles. The minimum atomic E-state index is -4.11. The van der Waals surface area contributed by atoms with E-state index in [-0.39, 0.29) is 11.5 Å². The van der Waals surface area contributed by atoms with Gasteiger partial charge in [-0.3, -0.25) is 9.89 Å². The van der Waals surface area contributed by atoms with E-state index in [1.807, 2.05) is 20.8 Å². The van der Waals surface area contributed by atoms with Gasteiger partial charge in [0.25, 0.3) is 0 Å². The lowest BCUT2D eigenvalue weighted by molar-refractivity contribution is -0.143. The Kier molecular flexibility index (Phi) is 5.68. The largest absolute Gasteiger partial charge is 0.401 e. The molecule has 0 aliphatic carbocycles. The molecule has 1 rings (SSSR count). The van der Waals surface area contributed by atoms with E-state index in [0.717, 1.165) is 6.42 Å². The summed E-state index contributed by atoms with van der Waals surface area (Å²) in [5, 5.41) is 6.41. The van der Waals surface area contributed by atoms with Gasteiger partial charge in [-0.25, -0.2) is 0 Å². The Hall–Kier alpha value is -0.980. The fourth-order valence-electron chi connectivity index (χ4n) is 2.25. The first-order chi connectivity index (χ1) is 9.09. The van der Waals surface area contributed by atoms with E-state index < -0.39 is 12.7 Å². The SMILES string of the molecule is CN=C(NCC1CCN(CC(F)(F)F)C1)NC(C)(C)C. The van der Waals surface area contributed by atoms with Gasteiger partial charge in [-0.2, -0.15) is 13.2 Å². The topological polar surface area (TPSA) is 39.7 Å². The van der Waals surface area contributed by atoms with E-state index in [2.05, 4.69) is 15.6 Å². The van der Waals surface area contributed by atoms with Crippen molar-refractivity contribution in [2.24, 2.45) is 10.9 Å². The van der Waals surface area contributed by atoms with Crippen molar-refractivity contribution in [3.8, 4) is 0 Å². The van der Waals surface area contributed by atoms with Gasteiger partial charge in [0.15, 0.2) is 5.96 Å². The maximum Gasteiger partial charge on any atom is 0.401 e. The average Bonchev–Trinajstić information content (AvgIpc) is 2.67. The Bertz CT molecular complexity index is 333. The van der Waals surface area contributed by atoms with Gasteiger partial charge in [-0.1, -0.05) is 0 Å². The number of rotatable bonds is 3. The number of guanidine groups is 1. The molecule has 1 aliphatic heterocycles. The van der Waals surface area contributed by atoms with Crippen LogP contribution in [-0.2, 0) is 0 Å². The summed E-state index contributed by atoms with van der Waals surface area (Å²) in [6, 6.07) is 0. The van der Waals surface area contributed by atoms with Gasteiger partial charge >= 0.3 is 6.18 Å². The second kappa shape index (κ2) is 6.65. The molecule has 2 N–H and O–H groups in total.